The molecule has 1 rings (SSSR count). The zero-order chi connectivity index (χ0) is 11.8. The predicted octanol–water partition coefficient (Wildman–Crippen LogP) is 2.19. The van der Waals surface area contributed by atoms with E-state index in [-0.39, 0.29) is 5.91 Å². The fourth-order valence-corrected chi connectivity index (χ4v) is 2.30. The highest BCUT2D eigenvalue weighted by Crippen LogP contribution is 2.14. The van der Waals surface area contributed by atoms with Gasteiger partial charge >= 0.3 is 0 Å². The molecule has 90 valence electrons. The Hall–Kier alpha value is -0.870. The molecule has 16 heavy (non-hydrogen) atoms. The molecule has 0 bridgehead atoms. The van der Waals surface area contributed by atoms with Crippen LogP contribution in [0.15, 0.2) is 11.4 Å². The predicted molar refractivity (Wildman–Crippen MR) is 68.4 cm³/mol. The number of aryl methyl sites for hydroxylation is 1. The molecular formula is C12H20N2OS. The molecule has 0 aliphatic heterocycles. The quantitative estimate of drug-likeness (QED) is 0.718. The summed E-state index contributed by atoms with van der Waals surface area (Å²) in [5.41, 5.74) is 6.64. The fraction of sp³-hybridized carbons (Fsp3) is 0.583. The van der Waals surface area contributed by atoms with Gasteiger partial charge in [-0.15, -0.1) is 11.3 Å². The minimum absolute atomic E-state index is 0.143. The number of thiophene rings is 1. The van der Waals surface area contributed by atoms with Crippen molar-refractivity contribution in [1.82, 2.24) is 5.32 Å². The number of rotatable bonds is 7. The number of nitrogens with one attached hydrogen (secondary N) is 1. The van der Waals surface area contributed by atoms with Gasteiger partial charge in [0.05, 0.1) is 6.54 Å². The van der Waals surface area contributed by atoms with Gasteiger partial charge in [-0.05, 0) is 43.3 Å². The van der Waals surface area contributed by atoms with Crippen LogP contribution in [0.4, 0.5) is 0 Å². The van der Waals surface area contributed by atoms with Gasteiger partial charge in [0.2, 0.25) is 5.91 Å². The second-order valence-electron chi connectivity index (χ2n) is 3.90. The van der Waals surface area contributed by atoms with Gasteiger partial charge in [0, 0.05) is 11.3 Å². The second kappa shape index (κ2) is 7.41. The molecule has 0 aliphatic carbocycles. The first-order valence-corrected chi connectivity index (χ1v) is 6.61. The van der Waals surface area contributed by atoms with Gasteiger partial charge in [0.1, 0.15) is 0 Å². The number of hydrogen-bond donors (Lipinski definition) is 2. The van der Waals surface area contributed by atoms with Crippen molar-refractivity contribution in [2.75, 3.05) is 6.54 Å². The Kier molecular flexibility index (Phi) is 6.11. The van der Waals surface area contributed by atoms with Gasteiger partial charge in [-0.2, -0.15) is 0 Å². The molecule has 3 N–H and O–H groups in total. The van der Waals surface area contributed by atoms with Crippen molar-refractivity contribution in [1.29, 1.82) is 0 Å². The van der Waals surface area contributed by atoms with Crippen molar-refractivity contribution in [2.45, 2.75) is 39.2 Å². The molecule has 0 aromatic carbocycles. The van der Waals surface area contributed by atoms with Crippen molar-refractivity contribution in [3.63, 3.8) is 0 Å². The first kappa shape index (κ1) is 13.2. The average Bonchev–Trinajstić information content (AvgIpc) is 2.67. The highest BCUT2D eigenvalue weighted by atomic mass is 32.1. The molecule has 0 fully saturated rings. The van der Waals surface area contributed by atoms with Gasteiger partial charge in [-0.25, -0.2) is 0 Å². The second-order valence-corrected chi connectivity index (χ2v) is 4.90. The van der Waals surface area contributed by atoms with Gasteiger partial charge in [0.25, 0.3) is 0 Å². The molecule has 0 saturated heterocycles. The van der Waals surface area contributed by atoms with Gasteiger partial charge in [-0.3, -0.25) is 4.79 Å². The van der Waals surface area contributed by atoms with E-state index < -0.39 is 0 Å². The minimum Gasteiger partial charge on any atom is -0.351 e. The van der Waals surface area contributed by atoms with Gasteiger partial charge < -0.3 is 11.1 Å². The van der Waals surface area contributed by atoms with E-state index in [9.17, 15) is 4.79 Å². The molecular weight excluding hydrogens is 220 g/mol. The molecule has 1 aromatic rings. The molecule has 3 nitrogen and oxygen atoms in total. The maximum Gasteiger partial charge on any atom is 0.220 e. The number of nitrogens with two attached hydrogens (primary N) is 1. The molecule has 0 aliphatic rings. The largest absolute Gasteiger partial charge is 0.351 e. The van der Waals surface area contributed by atoms with Crippen LogP contribution in [0.5, 0.6) is 0 Å². The van der Waals surface area contributed by atoms with Crippen LogP contribution in [0.3, 0.4) is 0 Å². The third-order valence-electron chi connectivity index (χ3n) is 2.52. The van der Waals surface area contributed by atoms with E-state index in [1.54, 1.807) is 11.3 Å². The minimum atomic E-state index is 0.143. The number of amides is 1. The van der Waals surface area contributed by atoms with Crippen LogP contribution in [0.2, 0.25) is 0 Å². The van der Waals surface area contributed by atoms with Crippen molar-refractivity contribution >= 4 is 17.2 Å². The summed E-state index contributed by atoms with van der Waals surface area (Å²) >= 11 is 1.69. The first-order valence-electron chi connectivity index (χ1n) is 5.73. The van der Waals surface area contributed by atoms with Crippen LogP contribution in [-0.4, -0.2) is 12.5 Å². The summed E-state index contributed by atoms with van der Waals surface area (Å²) in [6.45, 7) is 3.45. The van der Waals surface area contributed by atoms with Crippen molar-refractivity contribution in [2.24, 2.45) is 5.73 Å². The maximum absolute atomic E-state index is 11.5. The third-order valence-corrected chi connectivity index (χ3v) is 3.55. The Labute approximate surface area is 101 Å². The summed E-state index contributed by atoms with van der Waals surface area (Å²) < 4.78 is 0. The lowest BCUT2D eigenvalue weighted by Crippen LogP contribution is -2.22. The number of unbranched alkanes of at least 4 members (excludes halogenated alkanes) is 2. The van der Waals surface area contributed by atoms with Crippen LogP contribution in [-0.2, 0) is 11.3 Å². The molecule has 0 saturated carbocycles. The zero-order valence-corrected chi connectivity index (χ0v) is 10.6. The Bertz CT molecular complexity index is 323. The normalized spacial score (nSPS) is 10.4. The smallest absolute Gasteiger partial charge is 0.220 e. The van der Waals surface area contributed by atoms with Crippen LogP contribution in [0.25, 0.3) is 0 Å². The van der Waals surface area contributed by atoms with E-state index in [4.69, 9.17) is 5.73 Å². The zero-order valence-electron chi connectivity index (χ0n) is 9.79. The Morgan fingerprint density at radius 1 is 1.44 bits per heavy atom. The van der Waals surface area contributed by atoms with E-state index in [1.165, 1.54) is 10.4 Å². The van der Waals surface area contributed by atoms with Crippen molar-refractivity contribution in [3.8, 4) is 0 Å². The lowest BCUT2D eigenvalue weighted by molar-refractivity contribution is -0.121. The summed E-state index contributed by atoms with van der Waals surface area (Å²) in [7, 11) is 0. The third kappa shape index (κ3) is 4.77. The SMILES string of the molecule is Cc1ccsc1CNC(=O)CCCCCN. The van der Waals surface area contributed by atoms with E-state index in [0.29, 0.717) is 13.0 Å². The van der Waals surface area contributed by atoms with Gasteiger partial charge in [0.15, 0.2) is 0 Å². The van der Waals surface area contributed by atoms with Crippen LogP contribution >= 0.6 is 11.3 Å². The number of carbonyl (C=O) groups is 1. The summed E-state index contributed by atoms with van der Waals surface area (Å²) in [6, 6.07) is 2.08. The lowest BCUT2D eigenvalue weighted by atomic mass is 10.2. The maximum atomic E-state index is 11.5. The van der Waals surface area contributed by atoms with E-state index in [2.05, 4.69) is 23.7 Å². The summed E-state index contributed by atoms with van der Waals surface area (Å²) in [4.78, 5) is 12.7. The van der Waals surface area contributed by atoms with Crippen LogP contribution < -0.4 is 11.1 Å². The first-order chi connectivity index (χ1) is 7.74. The van der Waals surface area contributed by atoms with E-state index >= 15 is 0 Å². The van der Waals surface area contributed by atoms with E-state index in [0.717, 1.165) is 25.8 Å². The monoisotopic (exact) mass is 240 g/mol. The average molecular weight is 240 g/mol. The fourth-order valence-electron chi connectivity index (χ4n) is 1.46. The molecule has 0 radical (unpaired) electrons. The topological polar surface area (TPSA) is 55.1 Å². The molecule has 1 amide bonds. The summed E-state index contributed by atoms with van der Waals surface area (Å²) in [6.07, 6.45) is 3.61. The van der Waals surface area contributed by atoms with Crippen molar-refractivity contribution < 1.29 is 4.79 Å². The van der Waals surface area contributed by atoms with Gasteiger partial charge in [-0.1, -0.05) is 6.42 Å². The Morgan fingerprint density at radius 2 is 2.25 bits per heavy atom. The Morgan fingerprint density at radius 3 is 2.88 bits per heavy atom. The highest BCUT2D eigenvalue weighted by Gasteiger charge is 2.03. The highest BCUT2D eigenvalue weighted by molar-refractivity contribution is 7.10. The standard InChI is InChI=1S/C12H20N2OS/c1-10-6-8-16-11(10)9-14-12(15)5-3-2-4-7-13/h6,8H,2-5,7,9,13H2,1H3,(H,14,15). The molecule has 4 heteroatoms. The summed E-state index contributed by atoms with van der Waals surface area (Å²) in [5.74, 6) is 0.143. The molecule has 1 aromatic heterocycles. The lowest BCUT2D eigenvalue weighted by Gasteiger charge is -2.04. The molecule has 0 spiro atoms. The Balaban J connectivity index is 2.13. The van der Waals surface area contributed by atoms with Crippen LogP contribution in [0, 0.1) is 6.92 Å². The van der Waals surface area contributed by atoms with Crippen LogP contribution in [0.1, 0.15) is 36.1 Å². The molecule has 1 heterocycles. The number of carbonyl (C=O) groups excluding carboxylic acids is 1. The molecule has 0 unspecified atom stereocenters. The van der Waals surface area contributed by atoms with E-state index in [1.807, 2.05) is 0 Å². The van der Waals surface area contributed by atoms with Crippen molar-refractivity contribution in [3.05, 3.63) is 21.9 Å². The number of hydrogen-bond acceptors (Lipinski definition) is 3. The molecule has 0 atom stereocenters. The summed E-state index contributed by atoms with van der Waals surface area (Å²) in [5, 5.41) is 5.00.